The summed E-state index contributed by atoms with van der Waals surface area (Å²) in [6.07, 6.45) is 5.82. The number of fused-ring (bicyclic) bond motifs is 1. The first-order valence-electron chi connectivity index (χ1n) is 6.78. The molecule has 2 rings (SSSR count). The smallest absolute Gasteiger partial charge is 0.0622 e. The summed E-state index contributed by atoms with van der Waals surface area (Å²) in [5.41, 5.74) is 0.908. The predicted molar refractivity (Wildman–Crippen MR) is 68.2 cm³/mol. The van der Waals surface area contributed by atoms with Crippen LogP contribution < -0.4 is 0 Å². The van der Waals surface area contributed by atoms with E-state index >= 15 is 0 Å². The molecule has 0 aliphatic heterocycles. The summed E-state index contributed by atoms with van der Waals surface area (Å²) >= 11 is 0. The molecule has 0 aromatic carbocycles. The molecule has 2 aliphatic carbocycles. The van der Waals surface area contributed by atoms with Crippen LogP contribution in [-0.4, -0.2) is 10.7 Å². The van der Waals surface area contributed by atoms with Crippen LogP contribution in [-0.2, 0) is 0 Å². The minimum Gasteiger partial charge on any atom is -0.390 e. The van der Waals surface area contributed by atoms with Crippen molar-refractivity contribution in [3.63, 3.8) is 0 Å². The van der Waals surface area contributed by atoms with Crippen molar-refractivity contribution >= 4 is 0 Å². The maximum Gasteiger partial charge on any atom is 0.0622 e. The number of aliphatic hydroxyl groups is 1. The Morgan fingerprint density at radius 2 is 1.94 bits per heavy atom. The van der Waals surface area contributed by atoms with Gasteiger partial charge < -0.3 is 5.11 Å². The van der Waals surface area contributed by atoms with Gasteiger partial charge in [0, 0.05) is 0 Å². The molecule has 0 amide bonds. The van der Waals surface area contributed by atoms with Gasteiger partial charge in [-0.2, -0.15) is 0 Å². The largest absolute Gasteiger partial charge is 0.390 e. The average Bonchev–Trinajstić information content (AvgIpc) is 2.15. The van der Waals surface area contributed by atoms with Gasteiger partial charge >= 0.3 is 0 Å². The van der Waals surface area contributed by atoms with E-state index in [4.69, 9.17) is 0 Å². The number of hydrogen-bond donors (Lipinski definition) is 1. The Balaban J connectivity index is 2.18. The summed E-state index contributed by atoms with van der Waals surface area (Å²) in [5.74, 6) is 3.02. The molecule has 0 saturated heterocycles. The second-order valence-electron chi connectivity index (χ2n) is 6.57. The molecule has 92 valence electrons. The molecule has 5 atom stereocenters. The molecule has 1 nitrogen and oxygen atoms in total. The van der Waals surface area contributed by atoms with E-state index in [1.165, 1.54) is 24.8 Å². The van der Waals surface area contributed by atoms with Crippen LogP contribution >= 0.6 is 0 Å². The maximum absolute atomic E-state index is 10.3. The van der Waals surface area contributed by atoms with E-state index < -0.39 is 5.60 Å². The molecule has 1 heteroatoms. The molecule has 0 radical (unpaired) electrons. The van der Waals surface area contributed by atoms with Crippen molar-refractivity contribution in [1.29, 1.82) is 0 Å². The molecule has 1 N–H and O–H groups in total. The average molecular weight is 222 g/mol. The van der Waals surface area contributed by atoms with E-state index in [1.807, 2.05) is 6.92 Å². The first-order chi connectivity index (χ1) is 7.41. The summed E-state index contributed by atoms with van der Waals surface area (Å²) in [4.78, 5) is 0. The monoisotopic (exact) mass is 222 g/mol. The quantitative estimate of drug-likeness (QED) is 0.669. The van der Waals surface area contributed by atoms with E-state index in [0.717, 1.165) is 24.7 Å². The van der Waals surface area contributed by atoms with Gasteiger partial charge in [0.1, 0.15) is 0 Å². The van der Waals surface area contributed by atoms with Gasteiger partial charge in [-0.25, -0.2) is 0 Å². The first kappa shape index (κ1) is 12.2. The van der Waals surface area contributed by atoms with Gasteiger partial charge in [0.2, 0.25) is 0 Å². The Bertz CT molecular complexity index is 279. The van der Waals surface area contributed by atoms with Gasteiger partial charge in [0.25, 0.3) is 0 Å². The van der Waals surface area contributed by atoms with Crippen LogP contribution in [0.1, 0.15) is 52.9 Å². The molecule has 2 fully saturated rings. The lowest BCUT2D eigenvalue weighted by Crippen LogP contribution is -2.44. The lowest BCUT2D eigenvalue weighted by Gasteiger charge is -2.49. The third-order valence-corrected chi connectivity index (χ3v) is 5.06. The molecule has 0 unspecified atom stereocenters. The number of hydrogen-bond acceptors (Lipinski definition) is 1. The molecule has 2 aliphatic rings. The SMILES string of the molecule is C=C(C)[C@@H]1CC[C@@H](C)[C@@H]2CC[C@](C)(O)C[C@H]21. The molecular formula is C15H26O. The summed E-state index contributed by atoms with van der Waals surface area (Å²) in [5, 5.41) is 10.3. The van der Waals surface area contributed by atoms with Crippen molar-refractivity contribution in [3.05, 3.63) is 12.2 Å². The zero-order chi connectivity index (χ0) is 11.9. The van der Waals surface area contributed by atoms with E-state index in [0.29, 0.717) is 11.8 Å². The van der Waals surface area contributed by atoms with Crippen molar-refractivity contribution < 1.29 is 5.11 Å². The Morgan fingerprint density at radius 3 is 2.56 bits per heavy atom. The molecule has 0 spiro atoms. The highest BCUT2D eigenvalue weighted by molar-refractivity contribution is 5.06. The lowest BCUT2D eigenvalue weighted by atomic mass is 9.57. The molecule has 0 aromatic rings. The summed E-state index contributed by atoms with van der Waals surface area (Å²) in [6.45, 7) is 10.7. The van der Waals surface area contributed by atoms with Crippen LogP contribution in [0.5, 0.6) is 0 Å². The van der Waals surface area contributed by atoms with Crippen LogP contribution in [0.4, 0.5) is 0 Å². The van der Waals surface area contributed by atoms with Crippen molar-refractivity contribution in [3.8, 4) is 0 Å². The highest BCUT2D eigenvalue weighted by Gasteiger charge is 2.44. The third-order valence-electron chi connectivity index (χ3n) is 5.06. The zero-order valence-corrected chi connectivity index (χ0v) is 11.0. The summed E-state index contributed by atoms with van der Waals surface area (Å²) in [7, 11) is 0. The summed E-state index contributed by atoms with van der Waals surface area (Å²) < 4.78 is 0. The van der Waals surface area contributed by atoms with Gasteiger partial charge in [-0.3, -0.25) is 0 Å². The molecule has 0 aromatic heterocycles. The fourth-order valence-electron chi connectivity index (χ4n) is 4.08. The van der Waals surface area contributed by atoms with E-state index in [9.17, 15) is 5.11 Å². The Hall–Kier alpha value is -0.300. The van der Waals surface area contributed by atoms with Crippen molar-refractivity contribution in [2.24, 2.45) is 23.7 Å². The topological polar surface area (TPSA) is 20.2 Å². The van der Waals surface area contributed by atoms with Gasteiger partial charge in [-0.1, -0.05) is 19.1 Å². The van der Waals surface area contributed by atoms with Gasteiger partial charge in [0.05, 0.1) is 5.60 Å². The van der Waals surface area contributed by atoms with Crippen LogP contribution in [0.25, 0.3) is 0 Å². The van der Waals surface area contributed by atoms with Gasteiger partial charge in [-0.15, -0.1) is 0 Å². The zero-order valence-electron chi connectivity index (χ0n) is 11.0. The standard InChI is InChI=1S/C15H26O/c1-10(2)12-6-5-11(3)13-7-8-15(4,16)9-14(12)13/h11-14,16H,1,5-9H2,2-4H3/t11-,12+,13+,14+,15+/m1/s1. The minimum atomic E-state index is -0.425. The van der Waals surface area contributed by atoms with Crippen molar-refractivity contribution in [2.45, 2.75) is 58.5 Å². The normalized spacial score (nSPS) is 48.5. The van der Waals surface area contributed by atoms with E-state index in [-0.39, 0.29) is 0 Å². The fourth-order valence-corrected chi connectivity index (χ4v) is 4.08. The molecular weight excluding hydrogens is 196 g/mol. The molecule has 0 bridgehead atoms. The van der Waals surface area contributed by atoms with Crippen LogP contribution in [0, 0.1) is 23.7 Å². The maximum atomic E-state index is 10.3. The van der Waals surface area contributed by atoms with Crippen LogP contribution in [0.15, 0.2) is 12.2 Å². The predicted octanol–water partition coefficient (Wildman–Crippen LogP) is 3.78. The third kappa shape index (κ3) is 2.20. The second kappa shape index (κ2) is 4.18. The Kier molecular flexibility index (Phi) is 3.18. The fraction of sp³-hybridized carbons (Fsp3) is 0.867. The Morgan fingerprint density at radius 1 is 1.25 bits per heavy atom. The molecule has 16 heavy (non-hydrogen) atoms. The highest BCUT2D eigenvalue weighted by atomic mass is 16.3. The van der Waals surface area contributed by atoms with Crippen LogP contribution in [0.2, 0.25) is 0 Å². The summed E-state index contributed by atoms with van der Waals surface area (Å²) in [6, 6.07) is 0. The van der Waals surface area contributed by atoms with Crippen molar-refractivity contribution in [2.75, 3.05) is 0 Å². The van der Waals surface area contributed by atoms with E-state index in [2.05, 4.69) is 20.4 Å². The highest BCUT2D eigenvalue weighted by Crippen LogP contribution is 2.50. The number of allylic oxidation sites excluding steroid dienone is 1. The minimum absolute atomic E-state index is 0.425. The molecule has 2 saturated carbocycles. The number of rotatable bonds is 1. The van der Waals surface area contributed by atoms with E-state index in [1.54, 1.807) is 0 Å². The lowest BCUT2D eigenvalue weighted by molar-refractivity contribution is -0.0571. The van der Waals surface area contributed by atoms with Crippen molar-refractivity contribution in [1.82, 2.24) is 0 Å². The van der Waals surface area contributed by atoms with Crippen LogP contribution in [0.3, 0.4) is 0 Å². The Labute approximate surface area is 99.9 Å². The van der Waals surface area contributed by atoms with Gasteiger partial charge in [0.15, 0.2) is 0 Å². The van der Waals surface area contributed by atoms with Gasteiger partial charge in [-0.05, 0) is 69.6 Å². The first-order valence-corrected chi connectivity index (χ1v) is 6.78. The molecule has 0 heterocycles. The second-order valence-corrected chi connectivity index (χ2v) is 6.57.